The van der Waals surface area contributed by atoms with Gasteiger partial charge in [-0.2, -0.15) is 13.2 Å². The summed E-state index contributed by atoms with van der Waals surface area (Å²) in [5.74, 6) is -1.14. The van der Waals surface area contributed by atoms with Crippen LogP contribution in [0.15, 0.2) is 35.5 Å². The lowest BCUT2D eigenvalue weighted by molar-refractivity contribution is -0.144. The first kappa shape index (κ1) is 15.8. The molecule has 0 spiro atoms. The Kier molecular flexibility index (Phi) is 5.36. The van der Waals surface area contributed by atoms with Crippen molar-refractivity contribution >= 4 is 11.7 Å². The number of amides is 1. The van der Waals surface area contributed by atoms with E-state index < -0.39 is 31.0 Å². The lowest BCUT2D eigenvalue weighted by Crippen LogP contribution is -2.38. The molecule has 1 rings (SSSR count). The van der Waals surface area contributed by atoms with E-state index in [4.69, 9.17) is 10.9 Å². The van der Waals surface area contributed by atoms with Crippen molar-refractivity contribution in [2.75, 3.05) is 0 Å². The number of hydrogen-bond acceptors (Lipinski definition) is 3. The van der Waals surface area contributed by atoms with Gasteiger partial charge in [-0.25, -0.2) is 0 Å². The molecule has 1 aromatic carbocycles. The second-order valence-corrected chi connectivity index (χ2v) is 4.05. The van der Waals surface area contributed by atoms with Gasteiger partial charge < -0.3 is 16.3 Å². The highest BCUT2D eigenvalue weighted by Gasteiger charge is 2.29. The lowest BCUT2D eigenvalue weighted by atomic mass is 10.1. The summed E-state index contributed by atoms with van der Waals surface area (Å²) in [6, 6.07) is 7.28. The van der Waals surface area contributed by atoms with Crippen LogP contribution in [0.4, 0.5) is 13.2 Å². The van der Waals surface area contributed by atoms with Crippen molar-refractivity contribution in [3.63, 3.8) is 0 Å². The molecule has 0 aliphatic rings. The molecule has 0 heterocycles. The SMILES string of the molecule is NC(=NO)C(NC(=O)CCC(F)(F)F)c1ccccc1. The summed E-state index contributed by atoms with van der Waals surface area (Å²) in [6.45, 7) is 0. The molecule has 1 unspecified atom stereocenters. The van der Waals surface area contributed by atoms with E-state index in [2.05, 4.69) is 10.5 Å². The molecule has 5 nitrogen and oxygen atoms in total. The van der Waals surface area contributed by atoms with Crippen LogP contribution in [0.25, 0.3) is 0 Å². The third-order valence-corrected chi connectivity index (χ3v) is 2.49. The standard InChI is InChI=1S/C12H14F3N3O2/c13-12(14,15)7-6-9(19)17-10(11(16)18-20)8-4-2-1-3-5-8/h1-5,10,20H,6-7H2,(H2,16,18)(H,17,19). The van der Waals surface area contributed by atoms with Gasteiger partial charge in [0.1, 0.15) is 6.04 Å². The van der Waals surface area contributed by atoms with Crippen molar-refractivity contribution in [2.24, 2.45) is 10.9 Å². The minimum absolute atomic E-state index is 0.309. The fourth-order valence-corrected chi connectivity index (χ4v) is 1.52. The monoisotopic (exact) mass is 289 g/mol. The second kappa shape index (κ2) is 6.78. The average molecular weight is 289 g/mol. The number of nitrogens with zero attached hydrogens (tertiary/aromatic N) is 1. The van der Waals surface area contributed by atoms with Crippen LogP contribution >= 0.6 is 0 Å². The Morgan fingerprint density at radius 2 is 1.95 bits per heavy atom. The Bertz CT molecular complexity index is 475. The van der Waals surface area contributed by atoms with Crippen LogP contribution < -0.4 is 11.1 Å². The zero-order chi connectivity index (χ0) is 15.2. The van der Waals surface area contributed by atoms with Gasteiger partial charge in [0.2, 0.25) is 5.91 Å². The Balaban J connectivity index is 2.75. The van der Waals surface area contributed by atoms with Crippen molar-refractivity contribution in [1.82, 2.24) is 5.32 Å². The first-order valence-corrected chi connectivity index (χ1v) is 5.72. The van der Waals surface area contributed by atoms with Crippen molar-refractivity contribution in [2.45, 2.75) is 25.1 Å². The van der Waals surface area contributed by atoms with Gasteiger partial charge in [0, 0.05) is 6.42 Å². The van der Waals surface area contributed by atoms with Crippen LogP contribution in [-0.2, 0) is 4.79 Å². The summed E-state index contributed by atoms with van der Waals surface area (Å²) in [4.78, 5) is 11.5. The number of alkyl halides is 3. The molecule has 0 radical (unpaired) electrons. The molecular formula is C12H14F3N3O2. The number of hydrogen-bond donors (Lipinski definition) is 3. The molecule has 0 saturated heterocycles. The number of amidine groups is 1. The summed E-state index contributed by atoms with van der Waals surface area (Å²) in [5.41, 5.74) is 5.95. The Morgan fingerprint density at radius 1 is 1.35 bits per heavy atom. The number of rotatable bonds is 5. The minimum atomic E-state index is -4.41. The highest BCUT2D eigenvalue weighted by Crippen LogP contribution is 2.21. The second-order valence-electron chi connectivity index (χ2n) is 4.05. The van der Waals surface area contributed by atoms with Gasteiger partial charge in [-0.15, -0.1) is 0 Å². The van der Waals surface area contributed by atoms with Crippen molar-refractivity contribution in [3.05, 3.63) is 35.9 Å². The van der Waals surface area contributed by atoms with Crippen LogP contribution in [0.5, 0.6) is 0 Å². The van der Waals surface area contributed by atoms with Crippen molar-refractivity contribution < 1.29 is 23.2 Å². The summed E-state index contributed by atoms with van der Waals surface area (Å²) in [7, 11) is 0. The van der Waals surface area contributed by atoms with Crippen LogP contribution in [-0.4, -0.2) is 23.1 Å². The average Bonchev–Trinajstić information content (AvgIpc) is 2.42. The number of benzene rings is 1. The summed E-state index contributed by atoms with van der Waals surface area (Å²) >= 11 is 0. The maximum Gasteiger partial charge on any atom is 0.389 e. The molecule has 0 aromatic heterocycles. The molecule has 4 N–H and O–H groups in total. The van der Waals surface area contributed by atoms with Crippen LogP contribution in [0.2, 0.25) is 0 Å². The molecule has 1 atom stereocenters. The first-order valence-electron chi connectivity index (χ1n) is 5.72. The molecule has 0 fully saturated rings. The topological polar surface area (TPSA) is 87.7 Å². The molecule has 20 heavy (non-hydrogen) atoms. The smallest absolute Gasteiger partial charge is 0.389 e. The van der Waals surface area contributed by atoms with Gasteiger partial charge in [0.25, 0.3) is 0 Å². The van der Waals surface area contributed by atoms with Crippen molar-refractivity contribution in [3.8, 4) is 0 Å². The highest BCUT2D eigenvalue weighted by atomic mass is 19.4. The zero-order valence-electron chi connectivity index (χ0n) is 10.4. The highest BCUT2D eigenvalue weighted by molar-refractivity contribution is 5.90. The molecule has 0 aliphatic heterocycles. The number of nitrogens with one attached hydrogen (secondary N) is 1. The molecule has 0 saturated carbocycles. The third-order valence-electron chi connectivity index (χ3n) is 2.49. The van der Waals surface area contributed by atoms with Gasteiger partial charge in [0.15, 0.2) is 5.84 Å². The van der Waals surface area contributed by atoms with Gasteiger partial charge in [0.05, 0.1) is 6.42 Å². The van der Waals surface area contributed by atoms with E-state index in [1.165, 1.54) is 0 Å². The summed E-state index contributed by atoms with van der Waals surface area (Å²) in [5, 5.41) is 13.8. The first-order chi connectivity index (χ1) is 9.33. The molecule has 1 amide bonds. The predicted molar refractivity (Wildman–Crippen MR) is 66.0 cm³/mol. The van der Waals surface area contributed by atoms with Crippen molar-refractivity contribution in [1.29, 1.82) is 0 Å². The maximum absolute atomic E-state index is 12.0. The maximum atomic E-state index is 12.0. The summed E-state index contributed by atoms with van der Waals surface area (Å²) in [6.07, 6.45) is -6.35. The fraction of sp³-hybridized carbons (Fsp3) is 0.333. The molecule has 0 aliphatic carbocycles. The summed E-state index contributed by atoms with van der Waals surface area (Å²) < 4.78 is 36.1. The Morgan fingerprint density at radius 3 is 2.45 bits per heavy atom. The normalized spacial score (nSPS) is 13.8. The van der Waals surface area contributed by atoms with Gasteiger partial charge in [-0.05, 0) is 5.56 Å². The number of carbonyl (C=O) groups is 1. The van der Waals surface area contributed by atoms with E-state index in [9.17, 15) is 18.0 Å². The largest absolute Gasteiger partial charge is 0.409 e. The number of oxime groups is 1. The van der Waals surface area contributed by atoms with E-state index in [-0.39, 0.29) is 5.84 Å². The Hall–Kier alpha value is -2.25. The predicted octanol–water partition coefficient (Wildman–Crippen LogP) is 1.93. The van der Waals surface area contributed by atoms with E-state index in [0.717, 1.165) is 0 Å². The van der Waals surface area contributed by atoms with Gasteiger partial charge in [-0.1, -0.05) is 35.5 Å². The van der Waals surface area contributed by atoms with E-state index in [1.54, 1.807) is 30.3 Å². The molecular weight excluding hydrogens is 275 g/mol. The Labute approximate surface area is 113 Å². The lowest BCUT2D eigenvalue weighted by Gasteiger charge is -2.18. The molecule has 0 bridgehead atoms. The van der Waals surface area contributed by atoms with Gasteiger partial charge >= 0.3 is 6.18 Å². The third kappa shape index (κ3) is 5.17. The number of halogens is 3. The molecule has 110 valence electrons. The van der Waals surface area contributed by atoms with E-state index >= 15 is 0 Å². The van der Waals surface area contributed by atoms with Crippen LogP contribution in [0, 0.1) is 0 Å². The van der Waals surface area contributed by atoms with Crippen LogP contribution in [0.3, 0.4) is 0 Å². The van der Waals surface area contributed by atoms with E-state index in [1.807, 2.05) is 0 Å². The molecule has 1 aromatic rings. The molecule has 8 heteroatoms. The minimum Gasteiger partial charge on any atom is -0.409 e. The quantitative estimate of drug-likeness (QED) is 0.335. The van der Waals surface area contributed by atoms with Crippen LogP contribution in [0.1, 0.15) is 24.4 Å². The number of carbonyl (C=O) groups excluding carboxylic acids is 1. The zero-order valence-corrected chi connectivity index (χ0v) is 10.4. The van der Waals surface area contributed by atoms with Gasteiger partial charge in [-0.3, -0.25) is 4.79 Å². The number of nitrogens with two attached hydrogens (primary N) is 1. The van der Waals surface area contributed by atoms with E-state index in [0.29, 0.717) is 5.56 Å². The fourth-order valence-electron chi connectivity index (χ4n) is 1.52.